The van der Waals surface area contributed by atoms with Gasteiger partial charge < -0.3 is 15.0 Å². The van der Waals surface area contributed by atoms with Gasteiger partial charge in [0.1, 0.15) is 5.60 Å². The predicted molar refractivity (Wildman–Crippen MR) is 95.5 cm³/mol. The van der Waals surface area contributed by atoms with Crippen LogP contribution in [0, 0.1) is 10.1 Å². The largest absolute Gasteiger partial charge is 0.444 e. The maximum atomic E-state index is 12.2. The fourth-order valence-electron chi connectivity index (χ4n) is 1.91. The molecule has 1 N–H and O–H groups in total. The molecular weight excluding hydrogens is 310 g/mol. The lowest BCUT2D eigenvalue weighted by molar-refractivity contribution is -0.468. The summed E-state index contributed by atoms with van der Waals surface area (Å²) in [6.45, 7) is 11.0. The van der Waals surface area contributed by atoms with Crippen molar-refractivity contribution in [1.29, 1.82) is 0 Å². The Morgan fingerprint density at radius 3 is 2.46 bits per heavy atom. The lowest BCUT2D eigenvalue weighted by Gasteiger charge is -2.27. The molecule has 0 saturated heterocycles. The van der Waals surface area contributed by atoms with E-state index in [-0.39, 0.29) is 17.6 Å². The standard InChI is InChI=1S/C17H31N3O4/c1-6-9-15(10-8-13-20(22)23)18-11-14-19(12-7-2)16(21)24-17(3,4)5/h8-10,18H,6-7,11-14H2,1-5H3/b10-8-,15-9+. The molecule has 0 aliphatic rings. The maximum Gasteiger partial charge on any atom is 0.410 e. The number of hydrogen-bond donors (Lipinski definition) is 1. The number of ether oxygens (including phenoxy) is 1. The molecule has 7 nitrogen and oxygen atoms in total. The molecule has 0 aromatic rings. The van der Waals surface area contributed by atoms with Crippen molar-refractivity contribution in [3.63, 3.8) is 0 Å². The van der Waals surface area contributed by atoms with Gasteiger partial charge in [-0.3, -0.25) is 10.1 Å². The molecule has 0 unspecified atom stereocenters. The number of nitrogens with zero attached hydrogens (tertiary/aromatic N) is 2. The quantitative estimate of drug-likeness (QED) is 0.374. The Bertz CT molecular complexity index is 453. The van der Waals surface area contributed by atoms with E-state index in [2.05, 4.69) is 5.32 Å². The Kier molecular flexibility index (Phi) is 10.5. The molecule has 0 fully saturated rings. The van der Waals surface area contributed by atoms with Crippen LogP contribution in [0.1, 0.15) is 47.5 Å². The summed E-state index contributed by atoms with van der Waals surface area (Å²) in [5.74, 6) is 0. The zero-order chi connectivity index (χ0) is 18.6. The third-order valence-electron chi connectivity index (χ3n) is 2.83. The molecule has 138 valence electrons. The highest BCUT2D eigenvalue weighted by Gasteiger charge is 2.21. The maximum absolute atomic E-state index is 12.2. The predicted octanol–water partition coefficient (Wildman–Crippen LogP) is 3.35. The summed E-state index contributed by atoms with van der Waals surface area (Å²) >= 11 is 0. The number of rotatable bonds is 10. The molecule has 0 spiro atoms. The lowest BCUT2D eigenvalue weighted by Crippen LogP contribution is -2.40. The third kappa shape index (κ3) is 11.5. The van der Waals surface area contributed by atoms with E-state index in [0.29, 0.717) is 19.6 Å². The third-order valence-corrected chi connectivity index (χ3v) is 2.83. The highest BCUT2D eigenvalue weighted by molar-refractivity contribution is 5.68. The van der Waals surface area contributed by atoms with Gasteiger partial charge in [0.15, 0.2) is 0 Å². The van der Waals surface area contributed by atoms with Crippen LogP contribution in [0.5, 0.6) is 0 Å². The highest BCUT2D eigenvalue weighted by atomic mass is 16.6. The topological polar surface area (TPSA) is 84.7 Å². The molecule has 0 aromatic heterocycles. The van der Waals surface area contributed by atoms with Crippen LogP contribution in [-0.4, -0.2) is 47.7 Å². The number of nitro groups is 1. The molecule has 0 atom stereocenters. The first-order valence-electron chi connectivity index (χ1n) is 8.39. The van der Waals surface area contributed by atoms with Gasteiger partial charge in [0.05, 0.1) is 0 Å². The average molecular weight is 341 g/mol. The van der Waals surface area contributed by atoms with Crippen LogP contribution in [0.3, 0.4) is 0 Å². The van der Waals surface area contributed by atoms with Crippen LogP contribution in [-0.2, 0) is 4.74 Å². The molecule has 0 saturated carbocycles. The number of carbonyl (C=O) groups excluding carboxylic acids is 1. The average Bonchev–Trinajstić information content (AvgIpc) is 2.44. The van der Waals surface area contributed by atoms with Gasteiger partial charge in [-0.25, -0.2) is 4.79 Å². The summed E-state index contributed by atoms with van der Waals surface area (Å²) in [6, 6.07) is 0. The van der Waals surface area contributed by atoms with E-state index in [9.17, 15) is 14.9 Å². The van der Waals surface area contributed by atoms with Crippen LogP contribution < -0.4 is 5.32 Å². The molecule has 0 rings (SSSR count). The lowest BCUT2D eigenvalue weighted by atomic mass is 10.2. The Hall–Kier alpha value is -2.05. The summed E-state index contributed by atoms with van der Waals surface area (Å²) in [5.41, 5.74) is 0.301. The van der Waals surface area contributed by atoms with Crippen LogP contribution in [0.25, 0.3) is 0 Å². The van der Waals surface area contributed by atoms with Gasteiger partial charge in [0.25, 0.3) is 0 Å². The fourth-order valence-corrected chi connectivity index (χ4v) is 1.91. The minimum Gasteiger partial charge on any atom is -0.444 e. The molecule has 0 heterocycles. The number of hydrogen-bond acceptors (Lipinski definition) is 5. The smallest absolute Gasteiger partial charge is 0.410 e. The van der Waals surface area contributed by atoms with Crippen molar-refractivity contribution in [2.75, 3.05) is 26.2 Å². The van der Waals surface area contributed by atoms with E-state index in [0.717, 1.165) is 18.5 Å². The molecule has 0 aliphatic heterocycles. The Balaban J connectivity index is 4.56. The molecule has 1 amide bonds. The van der Waals surface area contributed by atoms with Crippen molar-refractivity contribution in [1.82, 2.24) is 10.2 Å². The minimum absolute atomic E-state index is 0.206. The first kappa shape index (κ1) is 21.9. The second kappa shape index (κ2) is 11.5. The Labute approximate surface area is 144 Å². The van der Waals surface area contributed by atoms with E-state index >= 15 is 0 Å². The molecule has 7 heteroatoms. The zero-order valence-corrected chi connectivity index (χ0v) is 15.5. The second-order valence-electron chi connectivity index (χ2n) is 6.38. The summed E-state index contributed by atoms with van der Waals surface area (Å²) < 4.78 is 5.40. The fraction of sp³-hybridized carbons (Fsp3) is 0.706. The van der Waals surface area contributed by atoms with Crippen molar-refractivity contribution in [3.05, 3.63) is 34.0 Å². The van der Waals surface area contributed by atoms with Crippen LogP contribution in [0.15, 0.2) is 23.9 Å². The SMILES string of the molecule is CC/C=C(\C=C/C[N+](=O)[O-])NCCN(CCC)C(=O)OC(C)(C)C. The summed E-state index contributed by atoms with van der Waals surface area (Å²) in [7, 11) is 0. The van der Waals surface area contributed by atoms with E-state index in [1.165, 1.54) is 6.08 Å². The number of nitrogens with one attached hydrogen (secondary N) is 1. The molecule has 0 aromatic carbocycles. The first-order valence-corrected chi connectivity index (χ1v) is 8.39. The van der Waals surface area contributed by atoms with Crippen LogP contribution in [0.2, 0.25) is 0 Å². The van der Waals surface area contributed by atoms with E-state index < -0.39 is 5.60 Å². The molecule has 0 radical (unpaired) electrons. The first-order chi connectivity index (χ1) is 11.2. The van der Waals surface area contributed by atoms with Gasteiger partial charge in [0, 0.05) is 30.3 Å². The summed E-state index contributed by atoms with van der Waals surface area (Å²) in [6.07, 6.45) is 6.50. The van der Waals surface area contributed by atoms with Crippen molar-refractivity contribution >= 4 is 6.09 Å². The summed E-state index contributed by atoms with van der Waals surface area (Å²) in [4.78, 5) is 23.8. The van der Waals surface area contributed by atoms with E-state index in [4.69, 9.17) is 4.74 Å². The minimum atomic E-state index is -0.519. The van der Waals surface area contributed by atoms with Gasteiger partial charge in [-0.05, 0) is 45.8 Å². The normalized spacial score (nSPS) is 12.3. The Morgan fingerprint density at radius 1 is 1.29 bits per heavy atom. The van der Waals surface area contributed by atoms with E-state index in [1.54, 1.807) is 11.0 Å². The second-order valence-corrected chi connectivity index (χ2v) is 6.38. The van der Waals surface area contributed by atoms with Gasteiger partial charge in [0.2, 0.25) is 6.54 Å². The van der Waals surface area contributed by atoms with Gasteiger partial charge >= 0.3 is 6.09 Å². The van der Waals surface area contributed by atoms with E-state index in [1.807, 2.05) is 40.7 Å². The van der Waals surface area contributed by atoms with Crippen LogP contribution in [0.4, 0.5) is 4.79 Å². The highest BCUT2D eigenvalue weighted by Crippen LogP contribution is 2.10. The summed E-state index contributed by atoms with van der Waals surface area (Å²) in [5, 5.41) is 13.6. The van der Waals surface area contributed by atoms with Crippen molar-refractivity contribution < 1.29 is 14.5 Å². The van der Waals surface area contributed by atoms with Gasteiger partial charge in [-0.2, -0.15) is 0 Å². The number of allylic oxidation sites excluding steroid dienone is 2. The van der Waals surface area contributed by atoms with Crippen molar-refractivity contribution in [2.45, 2.75) is 53.1 Å². The van der Waals surface area contributed by atoms with Gasteiger partial charge in [-0.15, -0.1) is 0 Å². The zero-order valence-electron chi connectivity index (χ0n) is 15.5. The molecular formula is C17H31N3O4. The van der Waals surface area contributed by atoms with Crippen molar-refractivity contribution in [2.24, 2.45) is 0 Å². The molecule has 0 aliphatic carbocycles. The number of amides is 1. The number of carbonyl (C=O) groups is 1. The van der Waals surface area contributed by atoms with Gasteiger partial charge in [-0.1, -0.05) is 19.9 Å². The Morgan fingerprint density at radius 2 is 1.96 bits per heavy atom. The monoisotopic (exact) mass is 341 g/mol. The van der Waals surface area contributed by atoms with Crippen molar-refractivity contribution in [3.8, 4) is 0 Å². The molecule has 0 bridgehead atoms. The molecule has 24 heavy (non-hydrogen) atoms. The van der Waals surface area contributed by atoms with Crippen LogP contribution >= 0.6 is 0 Å².